The minimum Gasteiger partial charge on any atom is -0.416 e. The van der Waals surface area contributed by atoms with Crippen molar-refractivity contribution < 1.29 is 4.43 Å². The largest absolute Gasteiger partial charge is 0.416 e. The fraction of sp³-hybridized carbons (Fsp3) is 0.867. The zero-order valence-corrected chi connectivity index (χ0v) is 12.4. The quantitative estimate of drug-likeness (QED) is 0.514. The molecule has 17 heavy (non-hydrogen) atoms. The first-order chi connectivity index (χ1) is 8.42. The van der Waals surface area contributed by atoms with Gasteiger partial charge in [0, 0.05) is 0 Å². The van der Waals surface area contributed by atoms with Crippen LogP contribution in [-0.2, 0) is 4.43 Å². The lowest BCUT2D eigenvalue weighted by atomic mass is 9.99. The van der Waals surface area contributed by atoms with Gasteiger partial charge in [-0.1, -0.05) is 70.3 Å². The van der Waals surface area contributed by atoms with Crippen LogP contribution >= 0.6 is 0 Å². The maximum Gasteiger partial charge on any atom is 0.183 e. The van der Waals surface area contributed by atoms with E-state index in [1.165, 1.54) is 64.2 Å². The number of rotatable bonds is 5. The van der Waals surface area contributed by atoms with Crippen molar-refractivity contribution in [1.29, 1.82) is 0 Å². The Morgan fingerprint density at radius 2 is 1.35 bits per heavy atom. The van der Waals surface area contributed by atoms with E-state index in [-0.39, 0.29) is 0 Å². The van der Waals surface area contributed by atoms with Gasteiger partial charge in [0.2, 0.25) is 0 Å². The molecular weight excluding hydrogens is 224 g/mol. The van der Waals surface area contributed by atoms with Gasteiger partial charge < -0.3 is 4.43 Å². The molecule has 2 saturated carbocycles. The molecule has 0 unspecified atom stereocenters. The van der Waals surface area contributed by atoms with Gasteiger partial charge in [0.25, 0.3) is 0 Å². The van der Waals surface area contributed by atoms with Crippen LogP contribution in [0, 0.1) is 0 Å². The van der Waals surface area contributed by atoms with Gasteiger partial charge in [-0.2, -0.15) is 0 Å². The topological polar surface area (TPSA) is 9.23 Å². The zero-order valence-electron chi connectivity index (χ0n) is 11.2. The third-order valence-electron chi connectivity index (χ3n) is 4.64. The summed E-state index contributed by atoms with van der Waals surface area (Å²) in [6.45, 7) is 4.63. The molecule has 0 atom stereocenters. The van der Waals surface area contributed by atoms with Crippen LogP contribution in [0.2, 0.25) is 11.1 Å². The molecule has 1 nitrogen and oxygen atoms in total. The molecule has 2 aliphatic rings. The van der Waals surface area contributed by atoms with E-state index in [1.54, 1.807) is 0 Å². The van der Waals surface area contributed by atoms with E-state index in [2.05, 4.69) is 6.58 Å². The second-order valence-corrected chi connectivity index (χ2v) is 9.03. The van der Waals surface area contributed by atoms with Crippen molar-refractivity contribution in [2.45, 2.75) is 75.3 Å². The lowest BCUT2D eigenvalue weighted by Gasteiger charge is -2.36. The molecule has 0 aromatic heterocycles. The molecule has 0 radical (unpaired) electrons. The molecule has 98 valence electrons. The molecule has 0 N–H and O–H groups in total. The number of hydrogen-bond acceptors (Lipinski definition) is 1. The van der Waals surface area contributed by atoms with Crippen LogP contribution in [0.4, 0.5) is 0 Å². The summed E-state index contributed by atoms with van der Waals surface area (Å²) in [6.07, 6.45) is 16.6. The first-order valence-electron chi connectivity index (χ1n) is 7.64. The van der Waals surface area contributed by atoms with Crippen LogP contribution in [-0.4, -0.2) is 15.6 Å². The zero-order chi connectivity index (χ0) is 11.9. The molecule has 2 fully saturated rings. The summed E-state index contributed by atoms with van der Waals surface area (Å²) in [6, 6.07) is 0. The molecule has 0 saturated heterocycles. The Balaban J connectivity index is 1.92. The molecule has 0 amide bonds. The Morgan fingerprint density at radius 1 is 0.882 bits per heavy atom. The Labute approximate surface area is 108 Å². The van der Waals surface area contributed by atoms with E-state index in [4.69, 9.17) is 4.43 Å². The fourth-order valence-corrected chi connectivity index (χ4v) is 7.69. The Morgan fingerprint density at radius 3 is 1.76 bits per heavy atom. The maximum atomic E-state index is 6.29. The second-order valence-electron chi connectivity index (χ2n) is 5.88. The third kappa shape index (κ3) is 3.96. The summed E-state index contributed by atoms with van der Waals surface area (Å²) >= 11 is 0. The Kier molecular flexibility index (Phi) is 5.79. The number of hydrogen-bond donors (Lipinski definition) is 0. The van der Waals surface area contributed by atoms with Gasteiger partial charge >= 0.3 is 0 Å². The van der Waals surface area contributed by atoms with Gasteiger partial charge in [0.15, 0.2) is 9.04 Å². The summed E-state index contributed by atoms with van der Waals surface area (Å²) in [5.41, 5.74) is 1.96. The molecular formula is C15H28OSi. The van der Waals surface area contributed by atoms with Crippen molar-refractivity contribution >= 4 is 9.04 Å². The predicted octanol–water partition coefficient (Wildman–Crippen LogP) is 4.58. The van der Waals surface area contributed by atoms with Gasteiger partial charge in [0.1, 0.15) is 0 Å². The normalized spacial score (nSPS) is 24.1. The van der Waals surface area contributed by atoms with Crippen LogP contribution in [0.3, 0.4) is 0 Å². The molecule has 0 bridgehead atoms. The van der Waals surface area contributed by atoms with Crippen molar-refractivity contribution in [3.05, 3.63) is 12.7 Å². The third-order valence-corrected chi connectivity index (χ3v) is 8.40. The SMILES string of the molecule is C=CCO[SiH](C1CCCCC1)C1CCCCC1. The molecule has 2 heteroatoms. The van der Waals surface area contributed by atoms with Crippen molar-refractivity contribution in [3.8, 4) is 0 Å². The first kappa shape index (κ1) is 13.4. The standard InChI is InChI=1S/C15H28OSi/c1-2-13-16-17(14-9-5-3-6-10-14)15-11-7-4-8-12-15/h2,14-15,17H,1,3-13H2. The molecule has 0 spiro atoms. The summed E-state index contributed by atoms with van der Waals surface area (Å²) in [7, 11) is -0.985. The highest BCUT2D eigenvalue weighted by Gasteiger charge is 2.33. The monoisotopic (exact) mass is 252 g/mol. The average molecular weight is 252 g/mol. The van der Waals surface area contributed by atoms with Crippen LogP contribution in [0.1, 0.15) is 64.2 Å². The summed E-state index contributed by atoms with van der Waals surface area (Å²) in [4.78, 5) is 0. The van der Waals surface area contributed by atoms with E-state index >= 15 is 0 Å². The molecule has 0 aromatic rings. The van der Waals surface area contributed by atoms with Gasteiger partial charge in [-0.05, 0) is 11.1 Å². The van der Waals surface area contributed by atoms with Crippen molar-refractivity contribution in [2.75, 3.05) is 6.61 Å². The summed E-state index contributed by atoms with van der Waals surface area (Å²) in [5.74, 6) is 0. The predicted molar refractivity (Wildman–Crippen MR) is 77.0 cm³/mol. The van der Waals surface area contributed by atoms with Crippen molar-refractivity contribution in [2.24, 2.45) is 0 Å². The summed E-state index contributed by atoms with van der Waals surface area (Å²) in [5, 5.41) is 0. The molecule has 0 aromatic carbocycles. The minimum atomic E-state index is -0.985. The minimum absolute atomic E-state index is 0.809. The smallest absolute Gasteiger partial charge is 0.183 e. The highest BCUT2D eigenvalue weighted by molar-refractivity contribution is 6.55. The Bertz CT molecular complexity index is 199. The van der Waals surface area contributed by atoms with E-state index in [9.17, 15) is 0 Å². The first-order valence-corrected chi connectivity index (χ1v) is 9.45. The van der Waals surface area contributed by atoms with Gasteiger partial charge in [0.05, 0.1) is 6.61 Å². The van der Waals surface area contributed by atoms with Crippen LogP contribution in [0.5, 0.6) is 0 Å². The highest BCUT2D eigenvalue weighted by atomic mass is 28.3. The second kappa shape index (κ2) is 7.37. The van der Waals surface area contributed by atoms with Crippen LogP contribution in [0.15, 0.2) is 12.7 Å². The highest BCUT2D eigenvalue weighted by Crippen LogP contribution is 2.41. The molecule has 0 heterocycles. The van der Waals surface area contributed by atoms with Crippen molar-refractivity contribution in [3.63, 3.8) is 0 Å². The summed E-state index contributed by atoms with van der Waals surface area (Å²) < 4.78 is 6.29. The van der Waals surface area contributed by atoms with Crippen molar-refractivity contribution in [1.82, 2.24) is 0 Å². The van der Waals surface area contributed by atoms with Crippen LogP contribution in [0.25, 0.3) is 0 Å². The van der Waals surface area contributed by atoms with E-state index in [0.717, 1.165) is 17.7 Å². The average Bonchev–Trinajstić information content (AvgIpc) is 2.42. The Hall–Kier alpha value is -0.0831. The van der Waals surface area contributed by atoms with Gasteiger partial charge in [-0.15, -0.1) is 6.58 Å². The van der Waals surface area contributed by atoms with Crippen LogP contribution < -0.4 is 0 Å². The molecule has 0 aliphatic heterocycles. The molecule has 2 aliphatic carbocycles. The van der Waals surface area contributed by atoms with E-state index in [1.807, 2.05) is 6.08 Å². The van der Waals surface area contributed by atoms with Gasteiger partial charge in [-0.25, -0.2) is 0 Å². The molecule has 2 rings (SSSR count). The van der Waals surface area contributed by atoms with Gasteiger partial charge in [-0.3, -0.25) is 0 Å². The van der Waals surface area contributed by atoms with E-state index < -0.39 is 9.04 Å². The fourth-order valence-electron chi connectivity index (χ4n) is 3.76. The lowest BCUT2D eigenvalue weighted by Crippen LogP contribution is -2.33. The maximum absolute atomic E-state index is 6.29. The lowest BCUT2D eigenvalue weighted by molar-refractivity contribution is 0.314. The van der Waals surface area contributed by atoms with E-state index in [0.29, 0.717) is 0 Å².